The largest absolute Gasteiger partial charge is 0.352 e. The highest BCUT2D eigenvalue weighted by Crippen LogP contribution is 2.23. The van der Waals surface area contributed by atoms with Crippen LogP contribution >= 0.6 is 0 Å². The molecule has 25 heavy (non-hydrogen) atoms. The number of amides is 2. The molecule has 0 radical (unpaired) electrons. The number of para-hydroxylation sites is 1. The Balaban J connectivity index is 1.77. The monoisotopic (exact) mass is 345 g/mol. The highest BCUT2D eigenvalue weighted by Gasteiger charge is 2.23. The number of benzene rings is 1. The zero-order valence-electron chi connectivity index (χ0n) is 15.7. The van der Waals surface area contributed by atoms with Crippen LogP contribution < -0.4 is 10.6 Å². The molecule has 0 heterocycles. The van der Waals surface area contributed by atoms with Crippen molar-refractivity contribution in [1.82, 2.24) is 10.2 Å². The highest BCUT2D eigenvalue weighted by molar-refractivity contribution is 5.93. The van der Waals surface area contributed by atoms with Crippen LogP contribution in [0.25, 0.3) is 0 Å². The fourth-order valence-electron chi connectivity index (χ4n) is 3.47. The molecule has 5 heteroatoms. The van der Waals surface area contributed by atoms with Gasteiger partial charge in [-0.1, -0.05) is 44.9 Å². The van der Waals surface area contributed by atoms with Gasteiger partial charge in [-0.3, -0.25) is 14.5 Å². The third-order valence-electron chi connectivity index (χ3n) is 4.96. The standard InChI is InChI=1S/C20H31N3O2/c1-4-16-10-6-8-12-18(16)22-20(25)14-23(3)13-19(24)21-17-11-7-5-9-15(17)2/h6,8,10,12,15,17H,4-5,7,9,11,13-14H2,1-3H3,(H,21,24)(H,22,25)/t15-,17+/m0/s1. The van der Waals surface area contributed by atoms with Gasteiger partial charge >= 0.3 is 0 Å². The number of hydrogen-bond donors (Lipinski definition) is 2. The van der Waals surface area contributed by atoms with Crippen LogP contribution in [0.15, 0.2) is 24.3 Å². The van der Waals surface area contributed by atoms with Crippen molar-refractivity contribution in [2.75, 3.05) is 25.5 Å². The van der Waals surface area contributed by atoms with E-state index in [9.17, 15) is 9.59 Å². The van der Waals surface area contributed by atoms with E-state index in [1.54, 1.807) is 11.9 Å². The summed E-state index contributed by atoms with van der Waals surface area (Å²) in [6, 6.07) is 8.08. The molecule has 1 fully saturated rings. The summed E-state index contributed by atoms with van der Waals surface area (Å²) in [5.41, 5.74) is 1.96. The Labute approximate surface area is 151 Å². The van der Waals surface area contributed by atoms with Gasteiger partial charge in [0.1, 0.15) is 0 Å². The molecular formula is C20H31N3O2. The first-order valence-electron chi connectivity index (χ1n) is 9.35. The number of nitrogens with one attached hydrogen (secondary N) is 2. The quantitative estimate of drug-likeness (QED) is 0.799. The molecule has 138 valence electrons. The van der Waals surface area contributed by atoms with E-state index in [2.05, 4.69) is 24.5 Å². The lowest BCUT2D eigenvalue weighted by Gasteiger charge is -2.30. The van der Waals surface area contributed by atoms with E-state index in [4.69, 9.17) is 0 Å². The third-order valence-corrected chi connectivity index (χ3v) is 4.96. The summed E-state index contributed by atoms with van der Waals surface area (Å²) in [6.45, 7) is 4.71. The number of carbonyl (C=O) groups is 2. The number of aryl methyl sites for hydroxylation is 1. The molecule has 0 saturated heterocycles. The zero-order valence-corrected chi connectivity index (χ0v) is 15.7. The minimum absolute atomic E-state index is 0.00279. The van der Waals surface area contributed by atoms with Gasteiger partial charge in [0.15, 0.2) is 0 Å². The van der Waals surface area contributed by atoms with Crippen molar-refractivity contribution in [3.8, 4) is 0 Å². The van der Waals surface area contributed by atoms with Crippen molar-refractivity contribution < 1.29 is 9.59 Å². The average Bonchev–Trinajstić information content (AvgIpc) is 2.57. The number of carbonyl (C=O) groups excluding carboxylic acids is 2. The number of nitrogens with zero attached hydrogens (tertiary/aromatic N) is 1. The normalized spacial score (nSPS) is 20.3. The van der Waals surface area contributed by atoms with E-state index in [1.807, 2.05) is 24.3 Å². The molecule has 0 aliphatic heterocycles. The van der Waals surface area contributed by atoms with E-state index < -0.39 is 0 Å². The van der Waals surface area contributed by atoms with E-state index in [0.29, 0.717) is 5.92 Å². The molecule has 1 aliphatic carbocycles. The second-order valence-electron chi connectivity index (χ2n) is 7.17. The smallest absolute Gasteiger partial charge is 0.238 e. The molecule has 2 rings (SSSR count). The maximum Gasteiger partial charge on any atom is 0.238 e. The van der Waals surface area contributed by atoms with Crippen molar-refractivity contribution in [3.05, 3.63) is 29.8 Å². The molecule has 2 N–H and O–H groups in total. The van der Waals surface area contributed by atoms with Gasteiger partial charge in [0.05, 0.1) is 13.1 Å². The van der Waals surface area contributed by atoms with E-state index >= 15 is 0 Å². The Hall–Kier alpha value is -1.88. The fraction of sp³-hybridized carbons (Fsp3) is 0.600. The number of hydrogen-bond acceptors (Lipinski definition) is 3. The van der Waals surface area contributed by atoms with Crippen molar-refractivity contribution in [1.29, 1.82) is 0 Å². The lowest BCUT2D eigenvalue weighted by atomic mass is 9.86. The van der Waals surface area contributed by atoms with Gasteiger partial charge in [-0.05, 0) is 43.9 Å². The molecule has 0 bridgehead atoms. The predicted octanol–water partition coefficient (Wildman–Crippen LogP) is 2.81. The molecule has 2 atom stereocenters. The zero-order chi connectivity index (χ0) is 18.2. The summed E-state index contributed by atoms with van der Waals surface area (Å²) in [7, 11) is 1.80. The van der Waals surface area contributed by atoms with E-state index in [1.165, 1.54) is 19.3 Å². The van der Waals surface area contributed by atoms with Gasteiger partial charge in [0, 0.05) is 11.7 Å². The van der Waals surface area contributed by atoms with Crippen molar-refractivity contribution in [2.24, 2.45) is 5.92 Å². The number of anilines is 1. The second-order valence-corrected chi connectivity index (χ2v) is 7.17. The first kappa shape index (κ1) is 19.4. The summed E-state index contributed by atoms with van der Waals surface area (Å²) >= 11 is 0. The number of likely N-dealkylation sites (N-methyl/N-ethyl adjacent to an activating group) is 1. The topological polar surface area (TPSA) is 61.4 Å². The lowest BCUT2D eigenvalue weighted by molar-refractivity contribution is -0.124. The summed E-state index contributed by atoms with van der Waals surface area (Å²) in [6.07, 6.45) is 5.55. The van der Waals surface area contributed by atoms with Gasteiger partial charge in [-0.25, -0.2) is 0 Å². The van der Waals surface area contributed by atoms with E-state index in [-0.39, 0.29) is 30.9 Å². The predicted molar refractivity (Wildman–Crippen MR) is 102 cm³/mol. The van der Waals surface area contributed by atoms with Gasteiger partial charge in [0.25, 0.3) is 0 Å². The highest BCUT2D eigenvalue weighted by atomic mass is 16.2. The van der Waals surface area contributed by atoms with Crippen LogP contribution in [-0.4, -0.2) is 42.9 Å². The Bertz CT molecular complexity index is 588. The lowest BCUT2D eigenvalue weighted by Crippen LogP contribution is -2.46. The minimum Gasteiger partial charge on any atom is -0.352 e. The molecule has 1 aliphatic rings. The van der Waals surface area contributed by atoms with Crippen molar-refractivity contribution in [2.45, 2.75) is 52.0 Å². The molecule has 1 aromatic carbocycles. The maximum absolute atomic E-state index is 12.2. The molecule has 1 aromatic rings. The molecule has 0 unspecified atom stereocenters. The molecule has 1 saturated carbocycles. The Morgan fingerprint density at radius 1 is 1.12 bits per heavy atom. The van der Waals surface area contributed by atoms with Crippen LogP contribution in [0.4, 0.5) is 5.69 Å². The van der Waals surface area contributed by atoms with Crippen LogP contribution in [0, 0.1) is 5.92 Å². The van der Waals surface area contributed by atoms with Crippen molar-refractivity contribution >= 4 is 17.5 Å². The Morgan fingerprint density at radius 2 is 1.80 bits per heavy atom. The first-order chi connectivity index (χ1) is 12.0. The summed E-state index contributed by atoms with van der Waals surface area (Å²) < 4.78 is 0. The van der Waals surface area contributed by atoms with Crippen LogP contribution in [-0.2, 0) is 16.0 Å². The minimum atomic E-state index is -0.0952. The van der Waals surface area contributed by atoms with Crippen LogP contribution in [0.1, 0.15) is 45.1 Å². The van der Waals surface area contributed by atoms with Crippen LogP contribution in [0.5, 0.6) is 0 Å². The fourth-order valence-corrected chi connectivity index (χ4v) is 3.47. The number of rotatable bonds is 7. The van der Waals surface area contributed by atoms with Gasteiger partial charge in [0.2, 0.25) is 11.8 Å². The van der Waals surface area contributed by atoms with E-state index in [0.717, 1.165) is 24.1 Å². The molecule has 5 nitrogen and oxygen atoms in total. The molecule has 2 amide bonds. The van der Waals surface area contributed by atoms with Gasteiger partial charge < -0.3 is 10.6 Å². The van der Waals surface area contributed by atoms with Gasteiger partial charge in [-0.2, -0.15) is 0 Å². The van der Waals surface area contributed by atoms with Crippen LogP contribution in [0.2, 0.25) is 0 Å². The SMILES string of the molecule is CCc1ccccc1NC(=O)CN(C)CC(=O)N[C@@H]1CCCC[C@@H]1C. The molecular weight excluding hydrogens is 314 g/mol. The molecule has 0 spiro atoms. The maximum atomic E-state index is 12.2. The summed E-state index contributed by atoms with van der Waals surface area (Å²) in [5.74, 6) is 0.446. The first-order valence-corrected chi connectivity index (χ1v) is 9.35. The Morgan fingerprint density at radius 3 is 2.52 bits per heavy atom. The van der Waals surface area contributed by atoms with Crippen LogP contribution in [0.3, 0.4) is 0 Å². The average molecular weight is 345 g/mol. The Kier molecular flexibility index (Phi) is 7.44. The third kappa shape index (κ3) is 6.16. The second kappa shape index (κ2) is 9.56. The van der Waals surface area contributed by atoms with Crippen molar-refractivity contribution in [3.63, 3.8) is 0 Å². The summed E-state index contributed by atoms with van der Waals surface area (Å²) in [5, 5.41) is 6.07. The molecule has 0 aromatic heterocycles. The van der Waals surface area contributed by atoms with Gasteiger partial charge in [-0.15, -0.1) is 0 Å². The summed E-state index contributed by atoms with van der Waals surface area (Å²) in [4.78, 5) is 26.2.